The van der Waals surface area contributed by atoms with Gasteiger partial charge in [0.05, 0.1) is 6.21 Å². The van der Waals surface area contributed by atoms with E-state index in [-0.39, 0.29) is 17.2 Å². The fourth-order valence-corrected chi connectivity index (χ4v) is 1.46. The lowest BCUT2D eigenvalue weighted by Crippen LogP contribution is -2.17. The van der Waals surface area contributed by atoms with Crippen molar-refractivity contribution in [1.29, 1.82) is 0 Å². The Balaban J connectivity index is 2.00. The summed E-state index contributed by atoms with van der Waals surface area (Å²) in [6.45, 7) is 0. The summed E-state index contributed by atoms with van der Waals surface area (Å²) in [7, 11) is 0. The highest BCUT2D eigenvalue weighted by molar-refractivity contribution is 5.95. The Kier molecular flexibility index (Phi) is 3.85. The molecule has 0 bridgehead atoms. The first-order valence-electron chi connectivity index (χ1n) is 5.70. The molecular formula is C14H12N2O4. The zero-order valence-corrected chi connectivity index (χ0v) is 10.3. The maximum absolute atomic E-state index is 11.7. The van der Waals surface area contributed by atoms with Crippen LogP contribution in [0.4, 0.5) is 0 Å². The van der Waals surface area contributed by atoms with Gasteiger partial charge in [-0.2, -0.15) is 5.10 Å². The molecule has 0 saturated heterocycles. The quantitative estimate of drug-likeness (QED) is 0.387. The van der Waals surface area contributed by atoms with Gasteiger partial charge in [0.1, 0.15) is 5.75 Å². The van der Waals surface area contributed by atoms with E-state index in [2.05, 4.69) is 10.5 Å². The average molecular weight is 272 g/mol. The van der Waals surface area contributed by atoms with Gasteiger partial charge in [0, 0.05) is 5.56 Å². The smallest absolute Gasteiger partial charge is 0.271 e. The Hall–Kier alpha value is -3.02. The first-order valence-corrected chi connectivity index (χ1v) is 5.70. The Morgan fingerprint density at radius 2 is 1.70 bits per heavy atom. The molecule has 0 aliphatic carbocycles. The van der Waals surface area contributed by atoms with Crippen molar-refractivity contribution in [2.24, 2.45) is 5.10 Å². The number of aromatic hydroxyl groups is 3. The maximum Gasteiger partial charge on any atom is 0.271 e. The highest BCUT2D eigenvalue weighted by Crippen LogP contribution is 2.23. The van der Waals surface area contributed by atoms with Gasteiger partial charge in [-0.1, -0.05) is 0 Å². The SMILES string of the molecule is O=C(N/N=C\c1ccc(O)c(O)c1)c1ccc(O)cc1. The molecule has 4 N–H and O–H groups in total. The van der Waals surface area contributed by atoms with Crippen LogP contribution in [0.15, 0.2) is 47.6 Å². The van der Waals surface area contributed by atoms with Gasteiger partial charge < -0.3 is 15.3 Å². The molecule has 0 radical (unpaired) electrons. The van der Waals surface area contributed by atoms with Gasteiger partial charge in [0.2, 0.25) is 0 Å². The molecule has 0 spiro atoms. The minimum Gasteiger partial charge on any atom is -0.508 e. The molecule has 1 amide bonds. The second-order valence-electron chi connectivity index (χ2n) is 3.99. The Morgan fingerprint density at radius 1 is 1.00 bits per heavy atom. The van der Waals surface area contributed by atoms with E-state index in [0.29, 0.717) is 11.1 Å². The Labute approximate surface area is 114 Å². The summed E-state index contributed by atoms with van der Waals surface area (Å²) in [4.78, 5) is 11.7. The van der Waals surface area contributed by atoms with Crippen molar-refractivity contribution in [1.82, 2.24) is 5.43 Å². The van der Waals surface area contributed by atoms with Gasteiger partial charge in [0.15, 0.2) is 11.5 Å². The number of hydrazone groups is 1. The van der Waals surface area contributed by atoms with Crippen molar-refractivity contribution in [3.05, 3.63) is 53.6 Å². The molecule has 0 fully saturated rings. The van der Waals surface area contributed by atoms with E-state index in [1.165, 1.54) is 48.7 Å². The summed E-state index contributed by atoms with van der Waals surface area (Å²) in [6.07, 6.45) is 1.33. The van der Waals surface area contributed by atoms with E-state index >= 15 is 0 Å². The normalized spacial score (nSPS) is 10.6. The number of phenolic OH excluding ortho intramolecular Hbond substituents is 3. The van der Waals surface area contributed by atoms with Crippen LogP contribution < -0.4 is 5.43 Å². The van der Waals surface area contributed by atoms with Crippen LogP contribution in [0.25, 0.3) is 0 Å². The van der Waals surface area contributed by atoms with Crippen LogP contribution in [0.1, 0.15) is 15.9 Å². The third-order valence-electron chi connectivity index (χ3n) is 2.51. The van der Waals surface area contributed by atoms with Crippen LogP contribution in [-0.2, 0) is 0 Å². The fraction of sp³-hybridized carbons (Fsp3) is 0. The van der Waals surface area contributed by atoms with E-state index in [1.54, 1.807) is 0 Å². The lowest BCUT2D eigenvalue weighted by molar-refractivity contribution is 0.0955. The van der Waals surface area contributed by atoms with Crippen LogP contribution in [0.5, 0.6) is 17.2 Å². The third kappa shape index (κ3) is 3.26. The summed E-state index contributed by atoms with van der Waals surface area (Å²) in [5.41, 5.74) is 3.18. The monoisotopic (exact) mass is 272 g/mol. The molecule has 0 unspecified atom stereocenters. The summed E-state index contributed by atoms with van der Waals surface area (Å²) in [5, 5.41) is 31.3. The molecule has 0 saturated carbocycles. The molecule has 0 heterocycles. The first-order chi connectivity index (χ1) is 9.56. The number of carbonyl (C=O) groups excluding carboxylic acids is 1. The molecule has 0 aromatic heterocycles. The molecule has 6 heteroatoms. The number of carbonyl (C=O) groups is 1. The molecular weight excluding hydrogens is 260 g/mol. The number of amides is 1. The lowest BCUT2D eigenvalue weighted by atomic mass is 10.2. The zero-order valence-electron chi connectivity index (χ0n) is 10.3. The van der Waals surface area contributed by atoms with Crippen molar-refractivity contribution < 1.29 is 20.1 Å². The number of nitrogens with one attached hydrogen (secondary N) is 1. The third-order valence-corrected chi connectivity index (χ3v) is 2.51. The van der Waals surface area contributed by atoms with Crippen LogP contribution in [0.3, 0.4) is 0 Å². The number of nitrogens with zero attached hydrogens (tertiary/aromatic N) is 1. The molecule has 0 aliphatic heterocycles. The molecule has 0 aliphatic rings. The van der Waals surface area contributed by atoms with Crippen LogP contribution in [0.2, 0.25) is 0 Å². The molecule has 2 aromatic carbocycles. The number of rotatable bonds is 3. The topological polar surface area (TPSA) is 102 Å². The van der Waals surface area contributed by atoms with Crippen LogP contribution in [0, 0.1) is 0 Å². The van der Waals surface area contributed by atoms with Crippen molar-refractivity contribution >= 4 is 12.1 Å². The standard InChI is InChI=1S/C14H12N2O4/c17-11-4-2-10(3-5-11)14(20)16-15-8-9-1-6-12(18)13(19)7-9/h1-8,17-19H,(H,16,20)/b15-8-. The summed E-state index contributed by atoms with van der Waals surface area (Å²) in [5.74, 6) is -0.844. The minimum absolute atomic E-state index is 0.0737. The van der Waals surface area contributed by atoms with Gasteiger partial charge in [-0.15, -0.1) is 0 Å². The van der Waals surface area contributed by atoms with E-state index in [0.717, 1.165) is 0 Å². The van der Waals surface area contributed by atoms with Crippen molar-refractivity contribution in [3.63, 3.8) is 0 Å². The molecule has 0 atom stereocenters. The van der Waals surface area contributed by atoms with Gasteiger partial charge in [0.25, 0.3) is 5.91 Å². The van der Waals surface area contributed by atoms with Gasteiger partial charge in [-0.05, 0) is 48.0 Å². The molecule has 102 valence electrons. The lowest BCUT2D eigenvalue weighted by Gasteiger charge is -2.00. The van der Waals surface area contributed by atoms with Crippen LogP contribution >= 0.6 is 0 Å². The second kappa shape index (κ2) is 5.75. The Morgan fingerprint density at radius 3 is 2.35 bits per heavy atom. The van der Waals surface area contributed by atoms with Crippen molar-refractivity contribution in [2.75, 3.05) is 0 Å². The number of phenols is 3. The van der Waals surface area contributed by atoms with E-state index < -0.39 is 5.91 Å². The highest BCUT2D eigenvalue weighted by Gasteiger charge is 2.03. The Bertz CT molecular complexity index is 651. The van der Waals surface area contributed by atoms with Crippen molar-refractivity contribution in [2.45, 2.75) is 0 Å². The van der Waals surface area contributed by atoms with Gasteiger partial charge >= 0.3 is 0 Å². The second-order valence-corrected chi connectivity index (χ2v) is 3.99. The van der Waals surface area contributed by atoms with Gasteiger partial charge in [-0.25, -0.2) is 5.43 Å². The number of hydrogen-bond donors (Lipinski definition) is 4. The zero-order chi connectivity index (χ0) is 14.5. The van der Waals surface area contributed by atoms with E-state index in [4.69, 9.17) is 10.2 Å². The first kappa shape index (κ1) is 13.4. The fourth-order valence-electron chi connectivity index (χ4n) is 1.46. The van der Waals surface area contributed by atoms with Gasteiger partial charge in [-0.3, -0.25) is 4.79 Å². The summed E-state index contributed by atoms with van der Waals surface area (Å²) < 4.78 is 0. The summed E-state index contributed by atoms with van der Waals surface area (Å²) in [6, 6.07) is 9.89. The molecule has 2 aromatic rings. The molecule has 20 heavy (non-hydrogen) atoms. The highest BCUT2D eigenvalue weighted by atomic mass is 16.3. The predicted octanol–water partition coefficient (Wildman–Crippen LogP) is 1.57. The van der Waals surface area contributed by atoms with E-state index in [1.807, 2.05) is 0 Å². The summed E-state index contributed by atoms with van der Waals surface area (Å²) >= 11 is 0. The number of hydrogen-bond acceptors (Lipinski definition) is 5. The largest absolute Gasteiger partial charge is 0.508 e. The minimum atomic E-state index is -0.427. The van der Waals surface area contributed by atoms with Crippen LogP contribution in [-0.4, -0.2) is 27.4 Å². The maximum atomic E-state index is 11.7. The molecule has 6 nitrogen and oxygen atoms in total. The van der Waals surface area contributed by atoms with Crippen molar-refractivity contribution in [3.8, 4) is 17.2 Å². The predicted molar refractivity (Wildman–Crippen MR) is 72.9 cm³/mol. The van der Waals surface area contributed by atoms with E-state index in [9.17, 15) is 9.90 Å². The molecule has 2 rings (SSSR count). The average Bonchev–Trinajstić information content (AvgIpc) is 2.43. The number of benzene rings is 2.